The summed E-state index contributed by atoms with van der Waals surface area (Å²) in [5.74, 6) is 0.746. The molecule has 0 N–H and O–H groups in total. The average Bonchev–Trinajstić information content (AvgIpc) is 3.12. The maximum atomic E-state index is 12.5. The largest absolute Gasteiger partial charge is 0.408 e. The van der Waals surface area contributed by atoms with Gasteiger partial charge in [-0.3, -0.25) is 9.58 Å². The molecule has 8 nitrogen and oxygen atoms in total. The average molecular weight is 330 g/mol. The van der Waals surface area contributed by atoms with Crippen molar-refractivity contribution in [3.63, 3.8) is 0 Å². The molecule has 0 saturated carbocycles. The van der Waals surface area contributed by atoms with Gasteiger partial charge in [0.05, 0.1) is 12.7 Å². The normalized spacial score (nSPS) is 17.7. The Bertz CT molecular complexity index is 600. The van der Waals surface area contributed by atoms with E-state index in [1.54, 1.807) is 6.20 Å². The molecule has 2 aromatic rings. The van der Waals surface area contributed by atoms with Crippen LogP contribution in [0.15, 0.2) is 12.4 Å². The van der Waals surface area contributed by atoms with Gasteiger partial charge in [-0.15, -0.1) is 10.2 Å². The Morgan fingerprint density at radius 1 is 1.17 bits per heavy atom. The van der Waals surface area contributed by atoms with Crippen LogP contribution in [0.3, 0.4) is 0 Å². The highest BCUT2D eigenvalue weighted by atomic mass is 19.4. The van der Waals surface area contributed by atoms with Gasteiger partial charge in [0.15, 0.2) is 5.82 Å². The predicted octanol–water partition coefficient (Wildman–Crippen LogP) is 0.739. The van der Waals surface area contributed by atoms with Gasteiger partial charge in [0.25, 0.3) is 0 Å². The molecule has 0 amide bonds. The van der Waals surface area contributed by atoms with Crippen LogP contribution >= 0.6 is 0 Å². The summed E-state index contributed by atoms with van der Waals surface area (Å²) in [5.41, 5.74) is 0. The van der Waals surface area contributed by atoms with Crippen molar-refractivity contribution in [3.05, 3.63) is 18.2 Å². The maximum absolute atomic E-state index is 12.5. The molecule has 0 bridgehead atoms. The Morgan fingerprint density at radius 3 is 2.61 bits per heavy atom. The van der Waals surface area contributed by atoms with Gasteiger partial charge < -0.3 is 0 Å². The highest BCUT2D eigenvalue weighted by Crippen LogP contribution is 2.21. The molecular weight excluding hydrogens is 313 g/mol. The van der Waals surface area contributed by atoms with Crippen molar-refractivity contribution >= 4 is 0 Å². The zero-order valence-electron chi connectivity index (χ0n) is 12.4. The van der Waals surface area contributed by atoms with Crippen LogP contribution in [-0.4, -0.2) is 59.4 Å². The molecule has 0 aliphatic carbocycles. The molecule has 3 rings (SSSR count). The fourth-order valence-corrected chi connectivity index (χ4v) is 2.75. The quantitative estimate of drug-likeness (QED) is 0.805. The highest BCUT2D eigenvalue weighted by Gasteiger charge is 2.30. The lowest BCUT2D eigenvalue weighted by molar-refractivity contribution is -0.143. The minimum Gasteiger partial charge on any atom is -0.296 e. The molecular formula is C12H17F3N8. The van der Waals surface area contributed by atoms with Crippen molar-refractivity contribution in [1.82, 2.24) is 40.1 Å². The zero-order valence-corrected chi connectivity index (χ0v) is 12.4. The van der Waals surface area contributed by atoms with Gasteiger partial charge in [-0.2, -0.15) is 13.2 Å². The molecule has 1 aliphatic heterocycles. The van der Waals surface area contributed by atoms with Crippen LogP contribution in [0.2, 0.25) is 0 Å². The number of hydrogen-bond acceptors (Lipinski definition) is 6. The Morgan fingerprint density at radius 2 is 1.96 bits per heavy atom. The van der Waals surface area contributed by atoms with Crippen LogP contribution in [-0.2, 0) is 19.6 Å². The number of piperidine rings is 1. The van der Waals surface area contributed by atoms with Gasteiger partial charge in [-0.1, -0.05) is 5.21 Å². The number of likely N-dealkylation sites (tertiary alicyclic amines) is 1. The van der Waals surface area contributed by atoms with Crippen LogP contribution in [0.4, 0.5) is 13.2 Å². The minimum absolute atomic E-state index is 0.247. The van der Waals surface area contributed by atoms with E-state index in [0.717, 1.165) is 37.2 Å². The van der Waals surface area contributed by atoms with E-state index in [9.17, 15) is 13.2 Å². The van der Waals surface area contributed by atoms with E-state index in [1.807, 2.05) is 10.9 Å². The Kier molecular flexibility index (Phi) is 4.55. The summed E-state index contributed by atoms with van der Waals surface area (Å²) in [6.45, 7) is 1.60. The van der Waals surface area contributed by atoms with Gasteiger partial charge in [-0.25, -0.2) is 4.68 Å². The Hall–Kier alpha value is -2.04. The first kappa shape index (κ1) is 15.8. The van der Waals surface area contributed by atoms with Gasteiger partial charge in [0.1, 0.15) is 6.54 Å². The molecule has 2 aromatic heterocycles. The number of aromatic nitrogens is 7. The second-order valence-electron chi connectivity index (χ2n) is 5.71. The molecule has 126 valence electrons. The van der Waals surface area contributed by atoms with Gasteiger partial charge in [0.2, 0.25) is 0 Å². The summed E-state index contributed by atoms with van der Waals surface area (Å²) in [4.78, 5) is 2.08. The first-order valence-corrected chi connectivity index (χ1v) is 7.38. The number of alkyl halides is 3. The lowest BCUT2D eigenvalue weighted by Crippen LogP contribution is -2.35. The molecule has 1 aliphatic rings. The topological polar surface area (TPSA) is 77.5 Å². The first-order chi connectivity index (χ1) is 11.0. The standard InChI is InChI=1S/C12H17F3N8/c13-12(14,15)9-23-11(17-18-20-23)8-21-4-1-10(2-5-21)7-22-6-3-16-19-22/h3,6,10H,1-2,4-5,7-9H2. The summed E-state index contributed by atoms with van der Waals surface area (Å²) >= 11 is 0. The zero-order chi connectivity index (χ0) is 16.3. The number of halogens is 3. The predicted molar refractivity (Wildman–Crippen MR) is 71.9 cm³/mol. The summed E-state index contributed by atoms with van der Waals surface area (Å²) in [6.07, 6.45) is 1.07. The van der Waals surface area contributed by atoms with Crippen LogP contribution in [0.5, 0.6) is 0 Å². The third-order valence-corrected chi connectivity index (χ3v) is 3.92. The van der Waals surface area contributed by atoms with E-state index in [2.05, 4.69) is 30.7 Å². The molecule has 23 heavy (non-hydrogen) atoms. The lowest BCUT2D eigenvalue weighted by Gasteiger charge is -2.31. The second-order valence-corrected chi connectivity index (χ2v) is 5.71. The fourth-order valence-electron chi connectivity index (χ4n) is 2.75. The van der Waals surface area contributed by atoms with E-state index in [4.69, 9.17) is 0 Å². The fraction of sp³-hybridized carbons (Fsp3) is 0.750. The van der Waals surface area contributed by atoms with E-state index < -0.39 is 12.7 Å². The molecule has 0 aromatic carbocycles. The minimum atomic E-state index is -4.32. The maximum Gasteiger partial charge on any atom is 0.408 e. The summed E-state index contributed by atoms with van der Waals surface area (Å²) in [5, 5.41) is 18.2. The third kappa shape index (κ3) is 4.47. The monoisotopic (exact) mass is 330 g/mol. The van der Waals surface area contributed by atoms with Gasteiger partial charge in [-0.05, 0) is 42.3 Å². The van der Waals surface area contributed by atoms with Gasteiger partial charge in [0, 0.05) is 12.7 Å². The Balaban J connectivity index is 1.50. The number of hydrogen-bond donors (Lipinski definition) is 0. The van der Waals surface area contributed by atoms with Crippen LogP contribution < -0.4 is 0 Å². The third-order valence-electron chi connectivity index (χ3n) is 3.92. The number of tetrazole rings is 1. The summed E-state index contributed by atoms with van der Waals surface area (Å²) < 4.78 is 40.0. The van der Waals surface area contributed by atoms with Crippen molar-refractivity contribution in [1.29, 1.82) is 0 Å². The molecule has 11 heteroatoms. The molecule has 0 unspecified atom stereocenters. The first-order valence-electron chi connectivity index (χ1n) is 7.38. The van der Waals surface area contributed by atoms with Crippen molar-refractivity contribution < 1.29 is 13.2 Å². The lowest BCUT2D eigenvalue weighted by atomic mass is 9.97. The van der Waals surface area contributed by atoms with E-state index in [0.29, 0.717) is 12.5 Å². The van der Waals surface area contributed by atoms with Gasteiger partial charge >= 0.3 is 6.18 Å². The van der Waals surface area contributed by atoms with E-state index in [1.165, 1.54) is 0 Å². The molecule has 0 radical (unpaired) electrons. The van der Waals surface area contributed by atoms with Crippen LogP contribution in [0, 0.1) is 5.92 Å². The molecule has 1 saturated heterocycles. The smallest absolute Gasteiger partial charge is 0.296 e. The second kappa shape index (κ2) is 6.60. The van der Waals surface area contributed by atoms with Crippen molar-refractivity contribution in [2.24, 2.45) is 5.92 Å². The number of rotatable bonds is 5. The van der Waals surface area contributed by atoms with Crippen molar-refractivity contribution in [3.8, 4) is 0 Å². The van der Waals surface area contributed by atoms with Crippen molar-refractivity contribution in [2.75, 3.05) is 13.1 Å². The van der Waals surface area contributed by atoms with E-state index in [-0.39, 0.29) is 5.82 Å². The van der Waals surface area contributed by atoms with Crippen LogP contribution in [0.25, 0.3) is 0 Å². The molecule has 3 heterocycles. The van der Waals surface area contributed by atoms with Crippen molar-refractivity contribution in [2.45, 2.75) is 38.7 Å². The molecule has 0 spiro atoms. The molecule has 1 fully saturated rings. The Labute approximate surface area is 130 Å². The summed E-state index contributed by atoms with van der Waals surface area (Å²) in [7, 11) is 0. The SMILES string of the molecule is FC(F)(F)Cn1nnnc1CN1CCC(Cn2ccnn2)CC1. The molecule has 0 atom stereocenters. The van der Waals surface area contributed by atoms with E-state index >= 15 is 0 Å². The summed E-state index contributed by atoms with van der Waals surface area (Å²) in [6, 6.07) is 0. The highest BCUT2D eigenvalue weighted by molar-refractivity contribution is 4.84. The van der Waals surface area contributed by atoms with Crippen LogP contribution in [0.1, 0.15) is 18.7 Å². The number of nitrogens with zero attached hydrogens (tertiary/aromatic N) is 8.